The van der Waals surface area contributed by atoms with Crippen molar-refractivity contribution >= 4 is 5.69 Å². The third-order valence-electron chi connectivity index (χ3n) is 3.30. The van der Waals surface area contributed by atoms with Gasteiger partial charge in [-0.25, -0.2) is 0 Å². The summed E-state index contributed by atoms with van der Waals surface area (Å²) in [4.78, 5) is 2.44. The zero-order valence-corrected chi connectivity index (χ0v) is 10.5. The monoisotopic (exact) mass is 234 g/mol. The number of unbranched alkanes of at least 4 members (excludes halogenated alkanes) is 1. The van der Waals surface area contributed by atoms with Crippen LogP contribution < -0.4 is 10.2 Å². The second-order valence-corrected chi connectivity index (χ2v) is 4.79. The normalized spacial score (nSPS) is 19.9. The predicted molar refractivity (Wildman–Crippen MR) is 71.3 cm³/mol. The van der Waals surface area contributed by atoms with E-state index < -0.39 is 0 Å². The van der Waals surface area contributed by atoms with E-state index in [1.807, 2.05) is 0 Å². The van der Waals surface area contributed by atoms with Crippen LogP contribution in [0.2, 0.25) is 0 Å². The number of aliphatic hydroxyl groups is 1. The van der Waals surface area contributed by atoms with Crippen molar-refractivity contribution in [2.45, 2.75) is 32.4 Å². The molecule has 0 fully saturated rings. The van der Waals surface area contributed by atoms with Gasteiger partial charge in [0.15, 0.2) is 0 Å². The quantitative estimate of drug-likeness (QED) is 0.779. The van der Waals surface area contributed by atoms with Crippen molar-refractivity contribution in [1.82, 2.24) is 5.32 Å². The number of rotatable bonds is 4. The minimum atomic E-state index is 0.295. The highest BCUT2D eigenvalue weighted by Gasteiger charge is 2.17. The number of hydrogen-bond donors (Lipinski definition) is 2. The van der Waals surface area contributed by atoms with Crippen LogP contribution in [-0.4, -0.2) is 30.8 Å². The lowest BCUT2D eigenvalue weighted by Crippen LogP contribution is -2.36. The van der Waals surface area contributed by atoms with Gasteiger partial charge in [0.05, 0.1) is 0 Å². The number of para-hydroxylation sites is 1. The van der Waals surface area contributed by atoms with Crippen molar-refractivity contribution in [3.8, 4) is 0 Å². The Morgan fingerprint density at radius 3 is 3.00 bits per heavy atom. The molecule has 1 aromatic rings. The number of benzene rings is 1. The Morgan fingerprint density at radius 2 is 2.18 bits per heavy atom. The van der Waals surface area contributed by atoms with E-state index in [0.29, 0.717) is 12.6 Å². The molecule has 3 nitrogen and oxygen atoms in total. The zero-order chi connectivity index (χ0) is 12.1. The summed E-state index contributed by atoms with van der Waals surface area (Å²) in [5.74, 6) is 0. The fourth-order valence-corrected chi connectivity index (χ4v) is 2.37. The highest BCUT2D eigenvalue weighted by molar-refractivity contribution is 5.54. The van der Waals surface area contributed by atoms with Gasteiger partial charge in [-0.1, -0.05) is 18.2 Å². The third kappa shape index (κ3) is 3.20. The van der Waals surface area contributed by atoms with Gasteiger partial charge < -0.3 is 15.3 Å². The first kappa shape index (κ1) is 12.4. The van der Waals surface area contributed by atoms with Crippen molar-refractivity contribution in [1.29, 1.82) is 0 Å². The molecule has 94 valence electrons. The maximum absolute atomic E-state index is 8.87. The summed E-state index contributed by atoms with van der Waals surface area (Å²) in [6, 6.07) is 9.11. The Bertz CT molecular complexity index is 354. The molecular formula is C14H22N2O. The van der Waals surface area contributed by atoms with Gasteiger partial charge in [-0.05, 0) is 31.4 Å². The smallest absolute Gasteiger partial charge is 0.0431 e. The van der Waals surface area contributed by atoms with Gasteiger partial charge in [0.25, 0.3) is 0 Å². The first-order valence-corrected chi connectivity index (χ1v) is 6.48. The molecule has 1 aliphatic rings. The molecule has 0 aliphatic carbocycles. The van der Waals surface area contributed by atoms with Crippen LogP contribution in [0.15, 0.2) is 24.3 Å². The lowest BCUT2D eigenvalue weighted by atomic mass is 10.1. The summed E-state index contributed by atoms with van der Waals surface area (Å²) in [5, 5.41) is 12.4. The van der Waals surface area contributed by atoms with E-state index in [-0.39, 0.29) is 0 Å². The molecule has 0 bridgehead atoms. The SMILES string of the molecule is CC1CN(CCCCO)c2ccccc2CN1. The highest BCUT2D eigenvalue weighted by Crippen LogP contribution is 2.23. The second kappa shape index (κ2) is 6.03. The summed E-state index contributed by atoms with van der Waals surface area (Å²) >= 11 is 0. The molecule has 2 rings (SSSR count). The molecule has 1 aromatic carbocycles. The molecule has 1 aliphatic heterocycles. The molecule has 0 aromatic heterocycles. The minimum Gasteiger partial charge on any atom is -0.396 e. The predicted octanol–water partition coefficient (Wildman–Crippen LogP) is 1.76. The lowest BCUT2D eigenvalue weighted by molar-refractivity contribution is 0.285. The third-order valence-corrected chi connectivity index (χ3v) is 3.30. The average Bonchev–Trinajstić information content (AvgIpc) is 2.50. The molecule has 0 spiro atoms. The highest BCUT2D eigenvalue weighted by atomic mass is 16.2. The molecule has 1 unspecified atom stereocenters. The van der Waals surface area contributed by atoms with E-state index in [0.717, 1.165) is 32.5 Å². The number of nitrogens with one attached hydrogen (secondary N) is 1. The molecule has 0 saturated heterocycles. The van der Waals surface area contributed by atoms with Crippen molar-refractivity contribution in [3.05, 3.63) is 29.8 Å². The largest absolute Gasteiger partial charge is 0.396 e. The number of nitrogens with zero attached hydrogens (tertiary/aromatic N) is 1. The van der Waals surface area contributed by atoms with Gasteiger partial charge in [0, 0.05) is 38.0 Å². The van der Waals surface area contributed by atoms with Crippen molar-refractivity contribution in [3.63, 3.8) is 0 Å². The lowest BCUT2D eigenvalue weighted by Gasteiger charge is -2.26. The van der Waals surface area contributed by atoms with Gasteiger partial charge in [0.2, 0.25) is 0 Å². The molecule has 1 atom stereocenters. The standard InChI is InChI=1S/C14H22N2O/c1-12-11-16(8-4-5-9-17)14-7-3-2-6-13(14)10-15-12/h2-3,6-7,12,15,17H,4-5,8-11H2,1H3. The van der Waals surface area contributed by atoms with E-state index in [9.17, 15) is 0 Å². The minimum absolute atomic E-state index is 0.295. The number of fused-ring (bicyclic) bond motifs is 1. The van der Waals surface area contributed by atoms with Crippen LogP contribution in [0.4, 0.5) is 5.69 Å². The van der Waals surface area contributed by atoms with E-state index in [4.69, 9.17) is 5.11 Å². The fourth-order valence-electron chi connectivity index (χ4n) is 2.37. The van der Waals surface area contributed by atoms with Crippen LogP contribution in [0.1, 0.15) is 25.3 Å². The first-order chi connectivity index (χ1) is 8.31. The Kier molecular flexibility index (Phi) is 4.40. The first-order valence-electron chi connectivity index (χ1n) is 6.48. The molecule has 17 heavy (non-hydrogen) atoms. The summed E-state index contributed by atoms with van der Waals surface area (Å²) in [6.45, 7) is 5.55. The zero-order valence-electron chi connectivity index (χ0n) is 10.5. The van der Waals surface area contributed by atoms with E-state index in [1.165, 1.54) is 11.3 Å². The molecule has 1 heterocycles. The molecule has 0 amide bonds. The maximum atomic E-state index is 8.87. The van der Waals surface area contributed by atoms with E-state index in [1.54, 1.807) is 0 Å². The van der Waals surface area contributed by atoms with Crippen LogP contribution >= 0.6 is 0 Å². The number of anilines is 1. The Morgan fingerprint density at radius 1 is 1.35 bits per heavy atom. The van der Waals surface area contributed by atoms with Gasteiger partial charge >= 0.3 is 0 Å². The molecule has 0 radical (unpaired) electrons. The van der Waals surface area contributed by atoms with Crippen LogP contribution in [0.5, 0.6) is 0 Å². The number of hydrogen-bond acceptors (Lipinski definition) is 3. The molecular weight excluding hydrogens is 212 g/mol. The van der Waals surface area contributed by atoms with Gasteiger partial charge in [-0.15, -0.1) is 0 Å². The second-order valence-electron chi connectivity index (χ2n) is 4.79. The summed E-state index contributed by atoms with van der Waals surface area (Å²) in [7, 11) is 0. The molecule has 2 N–H and O–H groups in total. The van der Waals surface area contributed by atoms with Crippen molar-refractivity contribution in [2.24, 2.45) is 0 Å². The number of aliphatic hydroxyl groups excluding tert-OH is 1. The van der Waals surface area contributed by atoms with Crippen molar-refractivity contribution in [2.75, 3.05) is 24.6 Å². The van der Waals surface area contributed by atoms with E-state index in [2.05, 4.69) is 41.4 Å². The van der Waals surface area contributed by atoms with Crippen LogP contribution in [0, 0.1) is 0 Å². The van der Waals surface area contributed by atoms with Gasteiger partial charge in [-0.2, -0.15) is 0 Å². The Hall–Kier alpha value is -1.06. The van der Waals surface area contributed by atoms with Crippen molar-refractivity contribution < 1.29 is 5.11 Å². The van der Waals surface area contributed by atoms with Crippen LogP contribution in [0.25, 0.3) is 0 Å². The summed E-state index contributed by atoms with van der Waals surface area (Å²) in [6.07, 6.45) is 1.94. The van der Waals surface area contributed by atoms with Gasteiger partial charge in [-0.3, -0.25) is 0 Å². The average molecular weight is 234 g/mol. The van der Waals surface area contributed by atoms with E-state index >= 15 is 0 Å². The van der Waals surface area contributed by atoms with Crippen LogP contribution in [-0.2, 0) is 6.54 Å². The Labute approximate surface area is 103 Å². The molecule has 3 heteroatoms. The Balaban J connectivity index is 2.11. The summed E-state index contributed by atoms with van der Waals surface area (Å²) in [5.41, 5.74) is 2.73. The fraction of sp³-hybridized carbons (Fsp3) is 0.571. The summed E-state index contributed by atoms with van der Waals surface area (Å²) < 4.78 is 0. The van der Waals surface area contributed by atoms with Gasteiger partial charge in [0.1, 0.15) is 0 Å². The molecule has 0 saturated carbocycles. The van der Waals surface area contributed by atoms with Crippen LogP contribution in [0.3, 0.4) is 0 Å². The maximum Gasteiger partial charge on any atom is 0.0431 e. The topological polar surface area (TPSA) is 35.5 Å².